The highest BCUT2D eigenvalue weighted by atomic mass is 35.5. The molecule has 0 aliphatic carbocycles. The van der Waals surface area contributed by atoms with Crippen LogP contribution in [0.4, 0.5) is 11.4 Å². The number of rotatable bonds is 6. The highest BCUT2D eigenvalue weighted by Crippen LogP contribution is 2.14. The van der Waals surface area contributed by atoms with Crippen LogP contribution < -0.4 is 10.6 Å². The van der Waals surface area contributed by atoms with E-state index in [1.807, 2.05) is 0 Å². The average Bonchev–Trinajstić information content (AvgIpc) is 2.58. The Balaban J connectivity index is 1.85. The Labute approximate surface area is 156 Å². The van der Waals surface area contributed by atoms with E-state index in [9.17, 15) is 14.4 Å². The average molecular weight is 375 g/mol. The molecule has 26 heavy (non-hydrogen) atoms. The second kappa shape index (κ2) is 9.01. The van der Waals surface area contributed by atoms with Crippen LogP contribution in [0.1, 0.15) is 19.4 Å². The molecule has 0 radical (unpaired) electrons. The number of hydrogen-bond donors (Lipinski definition) is 2. The standard InChI is InChI=1S/C19H19ClN2O4/c1-12(26-18(24)11-14-3-5-15(20)6-4-14)19(25)22-17-9-7-16(8-10-17)21-13(2)23/h3-10,12H,11H2,1-2H3,(H,21,23)(H,22,25)/t12-/m0/s1. The van der Waals surface area contributed by atoms with Gasteiger partial charge in [0.2, 0.25) is 5.91 Å². The van der Waals surface area contributed by atoms with E-state index in [0.717, 1.165) is 5.56 Å². The summed E-state index contributed by atoms with van der Waals surface area (Å²) < 4.78 is 5.15. The van der Waals surface area contributed by atoms with Gasteiger partial charge in [-0.05, 0) is 48.9 Å². The molecule has 0 heterocycles. The van der Waals surface area contributed by atoms with Gasteiger partial charge in [-0.1, -0.05) is 23.7 Å². The minimum atomic E-state index is -0.940. The summed E-state index contributed by atoms with van der Waals surface area (Å²) in [5, 5.41) is 5.87. The van der Waals surface area contributed by atoms with Crippen molar-refractivity contribution in [2.24, 2.45) is 0 Å². The van der Waals surface area contributed by atoms with Gasteiger partial charge in [-0.3, -0.25) is 14.4 Å². The smallest absolute Gasteiger partial charge is 0.311 e. The molecule has 0 saturated heterocycles. The maximum atomic E-state index is 12.1. The van der Waals surface area contributed by atoms with Gasteiger partial charge in [0, 0.05) is 23.3 Å². The number of carbonyl (C=O) groups excluding carboxylic acids is 3. The molecule has 0 fully saturated rings. The topological polar surface area (TPSA) is 84.5 Å². The lowest BCUT2D eigenvalue weighted by Crippen LogP contribution is -2.30. The van der Waals surface area contributed by atoms with E-state index < -0.39 is 18.0 Å². The zero-order valence-electron chi connectivity index (χ0n) is 14.4. The fourth-order valence-electron chi connectivity index (χ4n) is 2.15. The van der Waals surface area contributed by atoms with Crippen LogP contribution in [0.15, 0.2) is 48.5 Å². The number of amides is 2. The fourth-order valence-corrected chi connectivity index (χ4v) is 2.27. The Morgan fingerprint density at radius 1 is 0.962 bits per heavy atom. The van der Waals surface area contributed by atoms with Crippen molar-refractivity contribution in [3.8, 4) is 0 Å². The number of halogens is 1. The quantitative estimate of drug-likeness (QED) is 0.759. The van der Waals surface area contributed by atoms with E-state index in [4.69, 9.17) is 16.3 Å². The summed E-state index contributed by atoms with van der Waals surface area (Å²) in [6.45, 7) is 2.91. The maximum absolute atomic E-state index is 12.1. The molecule has 0 aromatic heterocycles. The predicted octanol–water partition coefficient (Wildman–Crippen LogP) is 3.41. The predicted molar refractivity (Wildman–Crippen MR) is 100 cm³/mol. The summed E-state index contributed by atoms with van der Waals surface area (Å²) in [4.78, 5) is 35.0. The van der Waals surface area contributed by atoms with Crippen molar-refractivity contribution in [1.29, 1.82) is 0 Å². The van der Waals surface area contributed by atoms with E-state index in [2.05, 4.69) is 10.6 Å². The van der Waals surface area contributed by atoms with Crippen molar-refractivity contribution in [3.63, 3.8) is 0 Å². The highest BCUT2D eigenvalue weighted by molar-refractivity contribution is 6.30. The third-order valence-electron chi connectivity index (χ3n) is 3.41. The molecule has 1 atom stereocenters. The minimum absolute atomic E-state index is 0.0558. The SMILES string of the molecule is CC(=O)Nc1ccc(NC(=O)[C@H](C)OC(=O)Cc2ccc(Cl)cc2)cc1. The molecule has 0 spiro atoms. The van der Waals surface area contributed by atoms with Gasteiger partial charge in [-0.2, -0.15) is 0 Å². The minimum Gasteiger partial charge on any atom is -0.452 e. The summed E-state index contributed by atoms with van der Waals surface area (Å²) in [6.07, 6.45) is -0.884. The molecule has 2 aromatic carbocycles. The molecule has 7 heteroatoms. The van der Waals surface area contributed by atoms with Crippen LogP contribution in [0.2, 0.25) is 5.02 Å². The van der Waals surface area contributed by atoms with Crippen LogP contribution >= 0.6 is 11.6 Å². The lowest BCUT2D eigenvalue weighted by Gasteiger charge is -2.14. The number of ether oxygens (including phenoxy) is 1. The first-order valence-electron chi connectivity index (χ1n) is 7.96. The van der Waals surface area contributed by atoms with Gasteiger partial charge in [0.1, 0.15) is 0 Å². The molecule has 2 N–H and O–H groups in total. The molecule has 6 nitrogen and oxygen atoms in total. The van der Waals surface area contributed by atoms with Crippen molar-refractivity contribution in [1.82, 2.24) is 0 Å². The van der Waals surface area contributed by atoms with Crippen LogP contribution in [-0.4, -0.2) is 23.9 Å². The first kappa shape index (κ1) is 19.5. The van der Waals surface area contributed by atoms with Gasteiger partial charge < -0.3 is 15.4 Å². The molecule has 0 saturated carbocycles. The van der Waals surface area contributed by atoms with E-state index in [0.29, 0.717) is 16.4 Å². The molecule has 2 aromatic rings. The van der Waals surface area contributed by atoms with Crippen molar-refractivity contribution in [3.05, 3.63) is 59.1 Å². The van der Waals surface area contributed by atoms with Gasteiger partial charge >= 0.3 is 5.97 Å². The summed E-state index contributed by atoms with van der Waals surface area (Å²) in [5.74, 6) is -1.12. The van der Waals surface area contributed by atoms with Gasteiger partial charge in [0.15, 0.2) is 6.10 Å². The van der Waals surface area contributed by atoms with Crippen LogP contribution in [0.3, 0.4) is 0 Å². The molecule has 136 valence electrons. The Morgan fingerprint density at radius 2 is 1.50 bits per heavy atom. The van der Waals surface area contributed by atoms with Crippen LogP contribution in [-0.2, 0) is 25.5 Å². The number of anilines is 2. The van der Waals surface area contributed by atoms with E-state index in [1.165, 1.54) is 13.8 Å². The largest absolute Gasteiger partial charge is 0.452 e. The van der Waals surface area contributed by atoms with Crippen molar-refractivity contribution in [2.45, 2.75) is 26.4 Å². The zero-order valence-corrected chi connectivity index (χ0v) is 15.2. The molecule has 2 rings (SSSR count). The third-order valence-corrected chi connectivity index (χ3v) is 3.66. The van der Waals surface area contributed by atoms with Gasteiger partial charge in [-0.15, -0.1) is 0 Å². The Morgan fingerprint density at radius 3 is 2.04 bits per heavy atom. The number of nitrogens with one attached hydrogen (secondary N) is 2. The Kier molecular flexibility index (Phi) is 6.74. The summed E-state index contributed by atoms with van der Waals surface area (Å²) >= 11 is 5.80. The molecular weight excluding hydrogens is 356 g/mol. The third kappa shape index (κ3) is 6.22. The van der Waals surface area contributed by atoms with Crippen molar-refractivity contribution >= 4 is 40.8 Å². The van der Waals surface area contributed by atoms with Gasteiger partial charge in [0.05, 0.1) is 6.42 Å². The second-order valence-electron chi connectivity index (χ2n) is 5.68. The lowest BCUT2D eigenvalue weighted by molar-refractivity contribution is -0.152. The van der Waals surface area contributed by atoms with Crippen molar-refractivity contribution < 1.29 is 19.1 Å². The zero-order chi connectivity index (χ0) is 19.1. The first-order chi connectivity index (χ1) is 12.3. The molecular formula is C19H19ClN2O4. The van der Waals surface area contributed by atoms with E-state index >= 15 is 0 Å². The summed E-state index contributed by atoms with van der Waals surface area (Å²) in [7, 11) is 0. The second-order valence-corrected chi connectivity index (χ2v) is 6.12. The van der Waals surface area contributed by atoms with Crippen LogP contribution in [0.25, 0.3) is 0 Å². The van der Waals surface area contributed by atoms with E-state index in [-0.39, 0.29) is 12.3 Å². The summed E-state index contributed by atoms with van der Waals surface area (Å²) in [6, 6.07) is 13.4. The normalized spacial score (nSPS) is 11.3. The summed E-state index contributed by atoms with van der Waals surface area (Å²) in [5.41, 5.74) is 1.91. The van der Waals surface area contributed by atoms with Crippen LogP contribution in [0, 0.1) is 0 Å². The molecule has 2 amide bonds. The number of hydrogen-bond acceptors (Lipinski definition) is 4. The molecule has 0 bridgehead atoms. The van der Waals surface area contributed by atoms with E-state index in [1.54, 1.807) is 48.5 Å². The first-order valence-corrected chi connectivity index (χ1v) is 8.34. The lowest BCUT2D eigenvalue weighted by atomic mass is 10.1. The molecule has 0 aliphatic rings. The monoisotopic (exact) mass is 374 g/mol. The van der Waals surface area contributed by atoms with Gasteiger partial charge in [-0.25, -0.2) is 0 Å². The van der Waals surface area contributed by atoms with Crippen LogP contribution in [0.5, 0.6) is 0 Å². The Hall–Kier alpha value is -2.86. The number of esters is 1. The maximum Gasteiger partial charge on any atom is 0.311 e. The molecule has 0 unspecified atom stereocenters. The number of carbonyl (C=O) groups is 3. The number of benzene rings is 2. The molecule has 0 aliphatic heterocycles. The highest BCUT2D eigenvalue weighted by Gasteiger charge is 2.18. The Bertz CT molecular complexity index is 788. The van der Waals surface area contributed by atoms with Gasteiger partial charge in [0.25, 0.3) is 5.91 Å². The fraction of sp³-hybridized carbons (Fsp3) is 0.211. The van der Waals surface area contributed by atoms with Crippen molar-refractivity contribution in [2.75, 3.05) is 10.6 Å².